The van der Waals surface area contributed by atoms with E-state index in [2.05, 4.69) is 31.3 Å². The molecule has 3 nitrogen and oxygen atoms in total. The SMILES string of the molecule is COC(=O)C(C)(C)NCC(C)(C)c1ccccc1. The monoisotopic (exact) mass is 249 g/mol. The quantitative estimate of drug-likeness (QED) is 0.815. The van der Waals surface area contributed by atoms with Gasteiger partial charge in [0.15, 0.2) is 0 Å². The highest BCUT2D eigenvalue weighted by Crippen LogP contribution is 2.22. The number of esters is 1. The van der Waals surface area contributed by atoms with Crippen molar-refractivity contribution in [1.29, 1.82) is 0 Å². The van der Waals surface area contributed by atoms with E-state index in [0.717, 1.165) is 0 Å². The standard InChI is InChI=1S/C15H23NO2/c1-14(2,12-9-7-6-8-10-12)11-16-15(3,4)13(17)18-5/h6-10,16H,11H2,1-5H3. The molecule has 0 bridgehead atoms. The third-order valence-corrected chi connectivity index (χ3v) is 3.22. The average Bonchev–Trinajstić information content (AvgIpc) is 2.36. The second-order valence-corrected chi connectivity index (χ2v) is 5.72. The molecule has 0 atom stereocenters. The van der Waals surface area contributed by atoms with Crippen molar-refractivity contribution < 1.29 is 9.53 Å². The van der Waals surface area contributed by atoms with E-state index in [-0.39, 0.29) is 11.4 Å². The lowest BCUT2D eigenvalue weighted by Gasteiger charge is -2.31. The molecule has 0 saturated carbocycles. The molecule has 0 aliphatic carbocycles. The van der Waals surface area contributed by atoms with Crippen LogP contribution in [-0.2, 0) is 14.9 Å². The number of nitrogens with one attached hydrogen (secondary N) is 1. The first-order chi connectivity index (χ1) is 8.29. The van der Waals surface area contributed by atoms with E-state index in [1.807, 2.05) is 32.0 Å². The minimum absolute atomic E-state index is 0.0352. The number of ether oxygens (including phenoxy) is 1. The molecular formula is C15H23NO2. The summed E-state index contributed by atoms with van der Waals surface area (Å²) in [6.45, 7) is 8.68. The molecule has 0 aliphatic heterocycles. The van der Waals surface area contributed by atoms with Gasteiger partial charge in [-0.15, -0.1) is 0 Å². The maximum Gasteiger partial charge on any atom is 0.325 e. The van der Waals surface area contributed by atoms with Crippen molar-refractivity contribution in [1.82, 2.24) is 5.32 Å². The van der Waals surface area contributed by atoms with Gasteiger partial charge in [0.1, 0.15) is 5.54 Å². The second-order valence-electron chi connectivity index (χ2n) is 5.72. The Bertz CT molecular complexity index is 396. The van der Waals surface area contributed by atoms with Crippen LogP contribution in [0.5, 0.6) is 0 Å². The van der Waals surface area contributed by atoms with E-state index in [1.54, 1.807) is 0 Å². The highest BCUT2D eigenvalue weighted by Gasteiger charge is 2.31. The largest absolute Gasteiger partial charge is 0.468 e. The molecule has 3 heteroatoms. The van der Waals surface area contributed by atoms with Crippen LogP contribution in [0.25, 0.3) is 0 Å². The smallest absolute Gasteiger partial charge is 0.325 e. The Morgan fingerprint density at radius 2 is 1.72 bits per heavy atom. The first-order valence-corrected chi connectivity index (χ1v) is 6.18. The Labute approximate surface area is 110 Å². The van der Waals surface area contributed by atoms with Gasteiger partial charge in [-0.2, -0.15) is 0 Å². The predicted octanol–water partition coefficient (Wildman–Crippen LogP) is 2.51. The molecule has 0 saturated heterocycles. The van der Waals surface area contributed by atoms with Crippen LogP contribution in [0.2, 0.25) is 0 Å². The molecule has 1 aromatic carbocycles. The van der Waals surface area contributed by atoms with Crippen LogP contribution in [0.3, 0.4) is 0 Å². The van der Waals surface area contributed by atoms with Gasteiger partial charge in [0, 0.05) is 12.0 Å². The van der Waals surface area contributed by atoms with Crippen LogP contribution < -0.4 is 5.32 Å². The molecule has 0 amide bonds. The Hall–Kier alpha value is -1.35. The molecule has 0 aliphatic rings. The summed E-state index contributed by atoms with van der Waals surface area (Å²) in [5.41, 5.74) is 0.547. The summed E-state index contributed by atoms with van der Waals surface area (Å²) in [5, 5.41) is 3.27. The van der Waals surface area contributed by atoms with E-state index in [1.165, 1.54) is 12.7 Å². The maximum atomic E-state index is 11.6. The number of carbonyl (C=O) groups excluding carboxylic acids is 1. The van der Waals surface area contributed by atoms with Gasteiger partial charge in [0.25, 0.3) is 0 Å². The van der Waals surface area contributed by atoms with Crippen LogP contribution in [0, 0.1) is 0 Å². The van der Waals surface area contributed by atoms with Gasteiger partial charge >= 0.3 is 5.97 Å². The lowest BCUT2D eigenvalue weighted by atomic mass is 9.84. The first kappa shape index (κ1) is 14.7. The fourth-order valence-electron chi connectivity index (χ4n) is 1.76. The Balaban J connectivity index is 2.71. The highest BCUT2D eigenvalue weighted by molar-refractivity contribution is 5.79. The molecule has 0 fully saturated rings. The van der Waals surface area contributed by atoms with Crippen molar-refractivity contribution in [3.05, 3.63) is 35.9 Å². The van der Waals surface area contributed by atoms with Crippen LogP contribution in [0.4, 0.5) is 0 Å². The van der Waals surface area contributed by atoms with E-state index < -0.39 is 5.54 Å². The van der Waals surface area contributed by atoms with E-state index in [9.17, 15) is 4.79 Å². The lowest BCUT2D eigenvalue weighted by molar-refractivity contribution is -0.147. The van der Waals surface area contributed by atoms with Crippen molar-refractivity contribution in [2.45, 2.75) is 38.6 Å². The number of carbonyl (C=O) groups is 1. The van der Waals surface area contributed by atoms with Gasteiger partial charge in [-0.05, 0) is 19.4 Å². The minimum Gasteiger partial charge on any atom is -0.468 e. The molecule has 18 heavy (non-hydrogen) atoms. The Morgan fingerprint density at radius 1 is 1.17 bits per heavy atom. The average molecular weight is 249 g/mol. The molecule has 1 rings (SSSR count). The predicted molar refractivity (Wildman–Crippen MR) is 73.6 cm³/mol. The van der Waals surface area contributed by atoms with Gasteiger partial charge in [0.05, 0.1) is 7.11 Å². The van der Waals surface area contributed by atoms with Crippen LogP contribution in [0.1, 0.15) is 33.3 Å². The summed E-state index contributed by atoms with van der Waals surface area (Å²) in [4.78, 5) is 11.6. The molecule has 100 valence electrons. The molecule has 0 radical (unpaired) electrons. The fraction of sp³-hybridized carbons (Fsp3) is 0.533. The van der Waals surface area contributed by atoms with E-state index >= 15 is 0 Å². The van der Waals surface area contributed by atoms with Crippen molar-refractivity contribution in [2.24, 2.45) is 0 Å². The van der Waals surface area contributed by atoms with Crippen LogP contribution >= 0.6 is 0 Å². The number of benzene rings is 1. The van der Waals surface area contributed by atoms with Crippen molar-refractivity contribution >= 4 is 5.97 Å². The molecule has 1 aromatic rings. The Morgan fingerprint density at radius 3 is 2.22 bits per heavy atom. The normalized spacial score (nSPS) is 12.3. The number of hydrogen-bond donors (Lipinski definition) is 1. The fourth-order valence-corrected chi connectivity index (χ4v) is 1.76. The highest BCUT2D eigenvalue weighted by atomic mass is 16.5. The summed E-state index contributed by atoms with van der Waals surface area (Å²) >= 11 is 0. The van der Waals surface area contributed by atoms with Crippen molar-refractivity contribution in [3.8, 4) is 0 Å². The first-order valence-electron chi connectivity index (χ1n) is 6.18. The summed E-state index contributed by atoms with van der Waals surface area (Å²) in [7, 11) is 1.41. The zero-order valence-electron chi connectivity index (χ0n) is 11.9. The number of methoxy groups -OCH3 is 1. The molecule has 0 unspecified atom stereocenters. The van der Waals surface area contributed by atoms with Crippen LogP contribution in [-0.4, -0.2) is 25.2 Å². The third kappa shape index (κ3) is 3.57. The Kier molecular flexibility index (Phi) is 4.52. The van der Waals surface area contributed by atoms with Gasteiger partial charge in [0.2, 0.25) is 0 Å². The van der Waals surface area contributed by atoms with Crippen molar-refractivity contribution in [3.63, 3.8) is 0 Å². The van der Waals surface area contributed by atoms with Crippen LogP contribution in [0.15, 0.2) is 30.3 Å². The molecule has 0 aromatic heterocycles. The number of hydrogen-bond acceptors (Lipinski definition) is 3. The minimum atomic E-state index is -0.666. The summed E-state index contributed by atoms with van der Waals surface area (Å²) in [5.74, 6) is -0.244. The van der Waals surface area contributed by atoms with Gasteiger partial charge < -0.3 is 10.1 Å². The van der Waals surface area contributed by atoms with Crippen molar-refractivity contribution in [2.75, 3.05) is 13.7 Å². The molecule has 1 N–H and O–H groups in total. The van der Waals surface area contributed by atoms with Gasteiger partial charge in [-0.3, -0.25) is 4.79 Å². The molecule has 0 heterocycles. The molecular weight excluding hydrogens is 226 g/mol. The summed E-state index contributed by atoms with van der Waals surface area (Å²) < 4.78 is 4.78. The maximum absolute atomic E-state index is 11.6. The van der Waals surface area contributed by atoms with Gasteiger partial charge in [-0.25, -0.2) is 0 Å². The zero-order chi connectivity index (χ0) is 13.8. The zero-order valence-corrected chi connectivity index (χ0v) is 11.9. The lowest BCUT2D eigenvalue weighted by Crippen LogP contribution is -2.51. The number of rotatable bonds is 5. The molecule has 0 spiro atoms. The summed E-state index contributed by atoms with van der Waals surface area (Å²) in [6.07, 6.45) is 0. The summed E-state index contributed by atoms with van der Waals surface area (Å²) in [6, 6.07) is 10.3. The van der Waals surface area contributed by atoms with E-state index in [4.69, 9.17) is 4.74 Å². The topological polar surface area (TPSA) is 38.3 Å². The second kappa shape index (κ2) is 5.53. The third-order valence-electron chi connectivity index (χ3n) is 3.22. The van der Waals surface area contributed by atoms with E-state index in [0.29, 0.717) is 6.54 Å². The van der Waals surface area contributed by atoms with Gasteiger partial charge in [-0.1, -0.05) is 44.2 Å².